The van der Waals surface area contributed by atoms with Gasteiger partial charge in [0, 0.05) is 0 Å². The maximum atomic E-state index is 3.67. The lowest BCUT2D eigenvalue weighted by Gasteiger charge is -2.23. The highest BCUT2D eigenvalue weighted by molar-refractivity contribution is 5.04. The van der Waals surface area contributed by atoms with Crippen molar-refractivity contribution in [2.75, 3.05) is 26.2 Å². The van der Waals surface area contributed by atoms with Crippen LogP contribution in [0.2, 0.25) is 0 Å². The van der Waals surface area contributed by atoms with Gasteiger partial charge in [0.1, 0.15) is 0 Å². The van der Waals surface area contributed by atoms with Gasteiger partial charge in [-0.1, -0.05) is 26.7 Å². The summed E-state index contributed by atoms with van der Waals surface area (Å²) in [6, 6.07) is 0. The molecule has 17 heavy (non-hydrogen) atoms. The van der Waals surface area contributed by atoms with E-state index in [1.165, 1.54) is 64.7 Å². The summed E-state index contributed by atoms with van der Waals surface area (Å²) in [5, 5.41) is 7.15. The molecule has 2 fully saturated rings. The van der Waals surface area contributed by atoms with Gasteiger partial charge in [-0.3, -0.25) is 0 Å². The number of rotatable bonds is 7. The number of piperidine rings is 1. The van der Waals surface area contributed by atoms with E-state index in [2.05, 4.69) is 24.5 Å². The molecule has 100 valence electrons. The molecule has 1 spiro atoms. The van der Waals surface area contributed by atoms with Crippen LogP contribution >= 0.6 is 0 Å². The van der Waals surface area contributed by atoms with Crippen LogP contribution in [0.15, 0.2) is 0 Å². The van der Waals surface area contributed by atoms with Gasteiger partial charge < -0.3 is 10.6 Å². The molecule has 2 heteroatoms. The zero-order valence-corrected chi connectivity index (χ0v) is 11.7. The van der Waals surface area contributed by atoms with Crippen LogP contribution in [-0.2, 0) is 0 Å². The molecule has 0 bridgehead atoms. The minimum atomic E-state index is 0.760. The van der Waals surface area contributed by atoms with Crippen molar-refractivity contribution >= 4 is 0 Å². The molecule has 2 N–H and O–H groups in total. The van der Waals surface area contributed by atoms with E-state index >= 15 is 0 Å². The van der Waals surface area contributed by atoms with E-state index in [1.54, 1.807) is 0 Å². The summed E-state index contributed by atoms with van der Waals surface area (Å²) < 4.78 is 0. The predicted molar refractivity (Wildman–Crippen MR) is 74.2 cm³/mol. The Hall–Kier alpha value is -0.0800. The third-order valence-electron chi connectivity index (χ3n) is 4.73. The van der Waals surface area contributed by atoms with Crippen molar-refractivity contribution in [3.05, 3.63) is 0 Å². The maximum Gasteiger partial charge on any atom is -0.00150 e. The first-order valence-electron chi connectivity index (χ1n) is 7.64. The molecule has 2 rings (SSSR count). The molecule has 0 aromatic rings. The fourth-order valence-electron chi connectivity index (χ4n) is 3.34. The molecule has 0 radical (unpaired) electrons. The molecule has 0 aromatic carbocycles. The smallest absolute Gasteiger partial charge is 0.00150 e. The Morgan fingerprint density at radius 2 is 2.00 bits per heavy atom. The first-order chi connectivity index (χ1) is 8.23. The van der Waals surface area contributed by atoms with E-state index in [4.69, 9.17) is 0 Å². The summed E-state index contributed by atoms with van der Waals surface area (Å²) in [5.41, 5.74) is 0.760. The molecule has 1 saturated heterocycles. The molecular weight excluding hydrogens is 208 g/mol. The van der Waals surface area contributed by atoms with Crippen molar-refractivity contribution in [1.29, 1.82) is 0 Å². The first-order valence-corrected chi connectivity index (χ1v) is 7.64. The van der Waals surface area contributed by atoms with Gasteiger partial charge in [0.25, 0.3) is 0 Å². The largest absolute Gasteiger partial charge is 0.317 e. The Labute approximate surface area is 107 Å². The van der Waals surface area contributed by atoms with Crippen molar-refractivity contribution in [3.63, 3.8) is 0 Å². The standard InChI is InChI=1S/C15H30N2/c1-13(2)5-3-4-8-17-12-14-11-15(14)6-9-16-10-7-15/h13-14,16-17H,3-12H2,1-2H3. The van der Waals surface area contributed by atoms with Gasteiger partial charge in [-0.2, -0.15) is 0 Å². The van der Waals surface area contributed by atoms with Crippen LogP contribution in [0.1, 0.15) is 52.4 Å². The monoisotopic (exact) mass is 238 g/mol. The SMILES string of the molecule is CC(C)CCCCNCC1CC12CCNCC2. The Morgan fingerprint density at radius 1 is 1.24 bits per heavy atom. The van der Waals surface area contributed by atoms with Crippen LogP contribution in [0.25, 0.3) is 0 Å². The zero-order chi connectivity index (χ0) is 12.1. The van der Waals surface area contributed by atoms with Crippen LogP contribution in [0.5, 0.6) is 0 Å². The molecule has 0 aromatic heterocycles. The van der Waals surface area contributed by atoms with Gasteiger partial charge in [0.05, 0.1) is 0 Å². The Bertz CT molecular complexity index is 219. The molecule has 2 nitrogen and oxygen atoms in total. The van der Waals surface area contributed by atoms with Gasteiger partial charge >= 0.3 is 0 Å². The van der Waals surface area contributed by atoms with E-state index in [-0.39, 0.29) is 0 Å². The predicted octanol–water partition coefficient (Wildman–Crippen LogP) is 2.79. The molecule has 1 aliphatic carbocycles. The van der Waals surface area contributed by atoms with Crippen LogP contribution < -0.4 is 10.6 Å². The summed E-state index contributed by atoms with van der Waals surface area (Å²) in [7, 11) is 0. The number of hydrogen-bond donors (Lipinski definition) is 2. The number of nitrogens with one attached hydrogen (secondary N) is 2. The number of hydrogen-bond acceptors (Lipinski definition) is 2. The van der Waals surface area contributed by atoms with Crippen molar-refractivity contribution in [3.8, 4) is 0 Å². The van der Waals surface area contributed by atoms with Gasteiger partial charge in [-0.25, -0.2) is 0 Å². The highest BCUT2D eigenvalue weighted by Gasteiger charge is 2.52. The third-order valence-corrected chi connectivity index (χ3v) is 4.73. The van der Waals surface area contributed by atoms with Crippen molar-refractivity contribution in [2.45, 2.75) is 52.4 Å². The molecule has 1 saturated carbocycles. The first kappa shape index (κ1) is 13.4. The second-order valence-corrected chi connectivity index (χ2v) is 6.61. The second-order valence-electron chi connectivity index (χ2n) is 6.61. The molecule has 1 aliphatic heterocycles. The van der Waals surface area contributed by atoms with Gasteiger partial charge in [0.15, 0.2) is 0 Å². The quantitative estimate of drug-likeness (QED) is 0.667. The summed E-state index contributed by atoms with van der Waals surface area (Å²) in [6.07, 6.45) is 8.48. The van der Waals surface area contributed by atoms with Crippen LogP contribution in [0.3, 0.4) is 0 Å². The lowest BCUT2D eigenvalue weighted by Crippen LogP contribution is -2.31. The minimum absolute atomic E-state index is 0.760. The van der Waals surface area contributed by atoms with E-state index in [0.29, 0.717) is 0 Å². The Balaban J connectivity index is 1.47. The average molecular weight is 238 g/mol. The van der Waals surface area contributed by atoms with Gasteiger partial charge in [-0.15, -0.1) is 0 Å². The number of unbranched alkanes of at least 4 members (excludes halogenated alkanes) is 1. The van der Waals surface area contributed by atoms with Crippen molar-refractivity contribution in [2.24, 2.45) is 17.3 Å². The van der Waals surface area contributed by atoms with Crippen LogP contribution in [0.4, 0.5) is 0 Å². The van der Waals surface area contributed by atoms with Gasteiger partial charge in [-0.05, 0) is 69.1 Å². The summed E-state index contributed by atoms with van der Waals surface area (Å²) in [4.78, 5) is 0. The second kappa shape index (κ2) is 6.19. The molecule has 2 aliphatic rings. The molecular formula is C15H30N2. The topological polar surface area (TPSA) is 24.1 Å². The fourth-order valence-corrected chi connectivity index (χ4v) is 3.34. The zero-order valence-electron chi connectivity index (χ0n) is 11.7. The summed E-state index contributed by atoms with van der Waals surface area (Å²) in [5.74, 6) is 1.87. The summed E-state index contributed by atoms with van der Waals surface area (Å²) >= 11 is 0. The van der Waals surface area contributed by atoms with E-state index in [1.807, 2.05) is 0 Å². The average Bonchev–Trinajstić information content (AvgIpc) is 2.96. The van der Waals surface area contributed by atoms with Crippen LogP contribution in [-0.4, -0.2) is 26.2 Å². The Kier molecular flexibility index (Phi) is 4.87. The molecule has 0 amide bonds. The third kappa shape index (κ3) is 3.96. The molecule has 1 unspecified atom stereocenters. The van der Waals surface area contributed by atoms with E-state index in [0.717, 1.165) is 17.3 Å². The fraction of sp³-hybridized carbons (Fsp3) is 1.00. The lowest BCUT2D eigenvalue weighted by atomic mass is 9.92. The van der Waals surface area contributed by atoms with Gasteiger partial charge in [0.2, 0.25) is 0 Å². The molecule has 1 heterocycles. The van der Waals surface area contributed by atoms with Crippen LogP contribution in [0, 0.1) is 17.3 Å². The Morgan fingerprint density at radius 3 is 2.71 bits per heavy atom. The normalized spacial score (nSPS) is 26.6. The van der Waals surface area contributed by atoms with E-state index in [9.17, 15) is 0 Å². The lowest BCUT2D eigenvalue weighted by molar-refractivity contribution is 0.318. The van der Waals surface area contributed by atoms with Crippen molar-refractivity contribution in [1.82, 2.24) is 10.6 Å². The highest BCUT2D eigenvalue weighted by atomic mass is 14.9. The summed E-state index contributed by atoms with van der Waals surface area (Å²) in [6.45, 7) is 9.66. The van der Waals surface area contributed by atoms with Crippen molar-refractivity contribution < 1.29 is 0 Å². The highest BCUT2D eigenvalue weighted by Crippen LogP contribution is 2.58. The minimum Gasteiger partial charge on any atom is -0.317 e. The molecule has 1 atom stereocenters. The maximum absolute atomic E-state index is 3.67. The van der Waals surface area contributed by atoms with E-state index < -0.39 is 0 Å².